The van der Waals surface area contributed by atoms with Gasteiger partial charge in [0.05, 0.1) is 24.8 Å². The molecule has 1 amide bonds. The van der Waals surface area contributed by atoms with Crippen molar-refractivity contribution < 1.29 is 22.7 Å². The fourth-order valence-corrected chi connectivity index (χ4v) is 4.99. The van der Waals surface area contributed by atoms with E-state index in [4.69, 9.17) is 9.47 Å². The lowest BCUT2D eigenvalue weighted by atomic mass is 10.2. The summed E-state index contributed by atoms with van der Waals surface area (Å²) in [6.07, 6.45) is 1.87. The molecule has 1 heterocycles. The number of sulfonamides is 1. The number of anilines is 2. The van der Waals surface area contributed by atoms with Crippen molar-refractivity contribution in [1.29, 1.82) is 0 Å². The zero-order chi connectivity index (χ0) is 22.6. The van der Waals surface area contributed by atoms with Gasteiger partial charge in [-0.15, -0.1) is 10.2 Å². The van der Waals surface area contributed by atoms with E-state index in [1.807, 2.05) is 6.26 Å². The van der Waals surface area contributed by atoms with Gasteiger partial charge in [0.25, 0.3) is 15.9 Å². The number of hydrogen-bond acceptors (Lipinski definition) is 9. The van der Waals surface area contributed by atoms with Gasteiger partial charge >= 0.3 is 0 Å². The Hall–Kier alpha value is -2.83. The molecule has 164 valence electrons. The fraction of sp³-hybridized carbons (Fsp3) is 0.211. The minimum atomic E-state index is -3.85. The molecule has 3 aromatic rings. The van der Waals surface area contributed by atoms with Gasteiger partial charge in [-0.3, -0.25) is 14.4 Å². The number of benzene rings is 2. The molecule has 1 aromatic heterocycles. The molecular weight excluding hydrogens is 460 g/mol. The molecule has 0 saturated heterocycles. The highest BCUT2D eigenvalue weighted by molar-refractivity contribution is 8.00. The third-order valence-electron chi connectivity index (χ3n) is 4.31. The van der Waals surface area contributed by atoms with Crippen LogP contribution in [0.25, 0.3) is 0 Å². The number of nitrogens with one attached hydrogen (secondary N) is 1. The summed E-state index contributed by atoms with van der Waals surface area (Å²) in [6, 6.07) is 10.6. The van der Waals surface area contributed by atoms with Crippen LogP contribution >= 0.6 is 23.1 Å². The molecule has 0 aliphatic heterocycles. The Morgan fingerprint density at radius 2 is 1.74 bits per heavy atom. The van der Waals surface area contributed by atoms with Gasteiger partial charge in [0.1, 0.15) is 0 Å². The zero-order valence-corrected chi connectivity index (χ0v) is 19.6. The van der Waals surface area contributed by atoms with Gasteiger partial charge < -0.3 is 9.47 Å². The fourth-order valence-electron chi connectivity index (χ4n) is 2.61. The van der Waals surface area contributed by atoms with Crippen molar-refractivity contribution in [2.75, 3.05) is 37.1 Å². The van der Waals surface area contributed by atoms with Gasteiger partial charge in [0.15, 0.2) is 15.8 Å². The van der Waals surface area contributed by atoms with Crippen LogP contribution < -0.4 is 19.1 Å². The summed E-state index contributed by atoms with van der Waals surface area (Å²) in [5, 5.41) is 10.9. The van der Waals surface area contributed by atoms with Crippen molar-refractivity contribution in [3.05, 3.63) is 48.0 Å². The van der Waals surface area contributed by atoms with E-state index >= 15 is 0 Å². The highest BCUT2D eigenvalue weighted by atomic mass is 32.2. The Balaban J connectivity index is 1.78. The summed E-state index contributed by atoms with van der Waals surface area (Å²) >= 11 is 2.71. The number of hydrogen-bond donors (Lipinski definition) is 1. The van der Waals surface area contributed by atoms with Crippen LogP contribution in [0.5, 0.6) is 11.5 Å². The lowest BCUT2D eigenvalue weighted by molar-refractivity contribution is 0.102. The quantitative estimate of drug-likeness (QED) is 0.386. The topological polar surface area (TPSA) is 111 Å². The van der Waals surface area contributed by atoms with E-state index < -0.39 is 10.0 Å². The number of ether oxygens (including phenoxy) is 2. The smallest absolute Gasteiger partial charge is 0.264 e. The van der Waals surface area contributed by atoms with E-state index in [1.54, 1.807) is 24.3 Å². The summed E-state index contributed by atoms with van der Waals surface area (Å²) in [6.45, 7) is 0. The second-order valence-electron chi connectivity index (χ2n) is 6.07. The maximum absolute atomic E-state index is 13.0. The molecule has 0 atom stereocenters. The molecule has 0 spiro atoms. The van der Waals surface area contributed by atoms with E-state index in [9.17, 15) is 13.2 Å². The SMILES string of the molecule is COc1ccc(S(=O)(=O)N(C)c2ccc(C(=O)Nc3nnc(SC)s3)cc2)cc1OC. The first-order chi connectivity index (χ1) is 14.8. The molecule has 12 heteroatoms. The molecule has 0 aliphatic rings. The van der Waals surface area contributed by atoms with Crippen LogP contribution in [0.2, 0.25) is 0 Å². The molecule has 0 unspecified atom stereocenters. The van der Waals surface area contributed by atoms with Crippen LogP contribution in [0.4, 0.5) is 10.8 Å². The summed E-state index contributed by atoms with van der Waals surface area (Å²) in [5.41, 5.74) is 0.758. The van der Waals surface area contributed by atoms with Crippen LogP contribution in [-0.4, -0.2) is 52.0 Å². The Labute approximate surface area is 188 Å². The van der Waals surface area contributed by atoms with Crippen LogP contribution in [0, 0.1) is 0 Å². The van der Waals surface area contributed by atoms with E-state index in [1.165, 1.54) is 62.6 Å². The average molecular weight is 481 g/mol. The highest BCUT2D eigenvalue weighted by Gasteiger charge is 2.23. The van der Waals surface area contributed by atoms with Crippen LogP contribution in [0.3, 0.4) is 0 Å². The molecule has 0 radical (unpaired) electrons. The van der Waals surface area contributed by atoms with Gasteiger partial charge in [0.2, 0.25) is 5.13 Å². The Kier molecular flexibility index (Phi) is 7.03. The average Bonchev–Trinajstić information content (AvgIpc) is 3.25. The number of amides is 1. The third kappa shape index (κ3) is 4.92. The van der Waals surface area contributed by atoms with Crippen molar-refractivity contribution >= 4 is 49.8 Å². The second-order valence-corrected chi connectivity index (χ2v) is 10.1. The first kappa shape index (κ1) is 22.8. The summed E-state index contributed by atoms with van der Waals surface area (Å²) in [5.74, 6) is 0.380. The minimum Gasteiger partial charge on any atom is -0.493 e. The van der Waals surface area contributed by atoms with Crippen molar-refractivity contribution in [3.8, 4) is 11.5 Å². The molecule has 2 aromatic carbocycles. The van der Waals surface area contributed by atoms with Gasteiger partial charge in [0, 0.05) is 18.7 Å². The predicted molar refractivity (Wildman–Crippen MR) is 121 cm³/mol. The molecule has 0 saturated carbocycles. The van der Waals surface area contributed by atoms with Gasteiger partial charge in [-0.05, 0) is 42.7 Å². The number of methoxy groups -OCH3 is 2. The normalized spacial score (nSPS) is 11.1. The number of carbonyl (C=O) groups is 1. The van der Waals surface area contributed by atoms with Gasteiger partial charge in [-0.2, -0.15) is 0 Å². The van der Waals surface area contributed by atoms with Crippen LogP contribution in [-0.2, 0) is 10.0 Å². The Morgan fingerprint density at radius 1 is 1.06 bits per heavy atom. The molecule has 1 N–H and O–H groups in total. The van der Waals surface area contributed by atoms with Crippen molar-refractivity contribution in [1.82, 2.24) is 10.2 Å². The lowest BCUT2D eigenvalue weighted by Gasteiger charge is -2.20. The number of aromatic nitrogens is 2. The molecule has 0 bridgehead atoms. The first-order valence-corrected chi connectivity index (χ1v) is 12.3. The second kappa shape index (κ2) is 9.54. The maximum atomic E-state index is 13.0. The van der Waals surface area contributed by atoms with E-state index in [0.717, 1.165) is 8.64 Å². The number of rotatable bonds is 8. The molecule has 31 heavy (non-hydrogen) atoms. The maximum Gasteiger partial charge on any atom is 0.264 e. The van der Waals surface area contributed by atoms with Crippen molar-refractivity contribution in [3.63, 3.8) is 0 Å². The van der Waals surface area contributed by atoms with E-state index in [0.29, 0.717) is 27.9 Å². The van der Waals surface area contributed by atoms with Gasteiger partial charge in [-0.1, -0.05) is 23.1 Å². The van der Waals surface area contributed by atoms with Crippen molar-refractivity contribution in [2.24, 2.45) is 0 Å². The Morgan fingerprint density at radius 3 is 2.32 bits per heavy atom. The van der Waals surface area contributed by atoms with E-state index in [2.05, 4.69) is 15.5 Å². The molecular formula is C19H20N4O5S3. The van der Waals surface area contributed by atoms with Gasteiger partial charge in [-0.25, -0.2) is 8.42 Å². The third-order valence-corrected chi connectivity index (χ3v) is 7.90. The summed E-state index contributed by atoms with van der Waals surface area (Å²) in [4.78, 5) is 12.5. The lowest BCUT2D eigenvalue weighted by Crippen LogP contribution is -2.26. The number of carbonyl (C=O) groups excluding carboxylic acids is 1. The standard InChI is InChI=1S/C19H20N4O5S3/c1-23(31(25,26)14-9-10-15(27-2)16(11-14)28-3)13-7-5-12(6-8-13)17(24)20-18-21-22-19(29-4)30-18/h5-11H,1-4H3,(H,20,21,24). The number of nitrogens with zero attached hydrogens (tertiary/aromatic N) is 3. The molecule has 3 rings (SSSR count). The molecule has 9 nitrogen and oxygen atoms in total. The number of thioether (sulfide) groups is 1. The largest absolute Gasteiger partial charge is 0.493 e. The zero-order valence-electron chi connectivity index (χ0n) is 17.1. The Bertz CT molecular complexity index is 1180. The van der Waals surface area contributed by atoms with Crippen molar-refractivity contribution in [2.45, 2.75) is 9.24 Å². The van der Waals surface area contributed by atoms with E-state index in [-0.39, 0.29) is 10.8 Å². The summed E-state index contributed by atoms with van der Waals surface area (Å²) in [7, 11) is 0.494. The van der Waals surface area contributed by atoms with Crippen LogP contribution in [0.15, 0.2) is 51.7 Å². The highest BCUT2D eigenvalue weighted by Crippen LogP contribution is 2.31. The monoisotopic (exact) mass is 480 g/mol. The molecule has 0 fully saturated rings. The predicted octanol–water partition coefficient (Wildman–Crippen LogP) is 3.35. The summed E-state index contributed by atoms with van der Waals surface area (Å²) < 4.78 is 38.3. The first-order valence-electron chi connectivity index (χ1n) is 8.80. The minimum absolute atomic E-state index is 0.0512. The molecule has 0 aliphatic carbocycles. The van der Waals surface area contributed by atoms with Crippen LogP contribution in [0.1, 0.15) is 10.4 Å².